The van der Waals surface area contributed by atoms with E-state index in [0.29, 0.717) is 0 Å². The van der Waals surface area contributed by atoms with Crippen LogP contribution in [0.15, 0.2) is 24.3 Å². The van der Waals surface area contributed by atoms with E-state index in [-0.39, 0.29) is 0 Å². The molecule has 1 aromatic carbocycles. The summed E-state index contributed by atoms with van der Waals surface area (Å²) in [5.74, 6) is 0. The van der Waals surface area contributed by atoms with Gasteiger partial charge in [-0.25, -0.2) is 0 Å². The Morgan fingerprint density at radius 2 is 1.65 bits per heavy atom. The molecule has 0 aliphatic heterocycles. The van der Waals surface area contributed by atoms with Gasteiger partial charge in [-0.2, -0.15) is 0 Å². The molecule has 0 bridgehead atoms. The Balaban J connectivity index is 2.49. The number of benzene rings is 1. The minimum Gasteiger partial charge on any atom is -0.385 e. The minimum absolute atomic E-state index is 0.741. The first-order valence-corrected chi connectivity index (χ1v) is 7.55. The van der Waals surface area contributed by atoms with Gasteiger partial charge >= 0.3 is 8.80 Å². The molecule has 0 atom stereocenters. The summed E-state index contributed by atoms with van der Waals surface area (Å²) in [7, 11) is 2.44. The van der Waals surface area contributed by atoms with Gasteiger partial charge in [0.05, 0.1) is 0 Å². The van der Waals surface area contributed by atoms with E-state index in [2.05, 4.69) is 24.4 Å². The molecule has 1 N–H and O–H groups in total. The van der Waals surface area contributed by atoms with E-state index in [1.807, 2.05) is 12.1 Å². The van der Waals surface area contributed by atoms with E-state index >= 15 is 0 Å². The highest BCUT2D eigenvalue weighted by molar-refractivity contribution is 6.60. The maximum absolute atomic E-state index is 5.36. The molecule has 1 rings (SSSR count). The normalized spacial score (nSPS) is 11.5. The summed E-state index contributed by atoms with van der Waals surface area (Å²) in [5, 5.41) is 3.37. The molecule has 0 unspecified atom stereocenters. The molecular weight excluding hydrogens is 234 g/mol. The lowest BCUT2D eigenvalue weighted by molar-refractivity contribution is 0.124. The molecule has 4 nitrogen and oxygen atoms in total. The van der Waals surface area contributed by atoms with Gasteiger partial charge in [-0.05, 0) is 18.6 Å². The third-order valence-electron chi connectivity index (χ3n) is 2.82. The molecule has 0 aliphatic carbocycles. The number of anilines is 1. The number of aryl methyl sites for hydroxylation is 1. The summed E-state index contributed by atoms with van der Waals surface area (Å²) < 4.78 is 16.1. The lowest BCUT2D eigenvalue weighted by atomic mass is 10.2. The maximum Gasteiger partial charge on any atom is 0.501 e. The summed E-state index contributed by atoms with van der Waals surface area (Å²) in [6.45, 7) is 2.85. The van der Waals surface area contributed by atoms with Crippen LogP contribution in [0, 0.1) is 6.92 Å². The molecule has 0 saturated heterocycles. The number of nitrogens with one attached hydrogen (secondary N) is 1. The van der Waals surface area contributed by atoms with E-state index in [1.54, 1.807) is 21.3 Å². The Morgan fingerprint density at radius 3 is 2.18 bits per heavy atom. The van der Waals surface area contributed by atoms with Gasteiger partial charge in [-0.1, -0.05) is 18.2 Å². The van der Waals surface area contributed by atoms with Crippen LogP contribution in [0.5, 0.6) is 0 Å². The topological polar surface area (TPSA) is 39.7 Å². The number of para-hydroxylation sites is 1. The van der Waals surface area contributed by atoms with Crippen LogP contribution in [0.2, 0.25) is 6.04 Å². The molecule has 1 aromatic rings. The van der Waals surface area contributed by atoms with Crippen molar-refractivity contribution in [3.63, 3.8) is 0 Å². The van der Waals surface area contributed by atoms with Gasteiger partial charge in [0, 0.05) is 39.6 Å². The predicted molar refractivity (Wildman–Crippen MR) is 71.3 cm³/mol. The highest BCUT2D eigenvalue weighted by atomic mass is 28.4. The van der Waals surface area contributed by atoms with Crippen molar-refractivity contribution in [3.8, 4) is 0 Å². The zero-order valence-electron chi connectivity index (χ0n) is 10.9. The molecule has 96 valence electrons. The first-order valence-electron chi connectivity index (χ1n) is 5.62. The van der Waals surface area contributed by atoms with E-state index < -0.39 is 8.80 Å². The molecule has 0 radical (unpaired) electrons. The predicted octanol–water partition coefficient (Wildman–Crippen LogP) is 2.29. The molecule has 17 heavy (non-hydrogen) atoms. The smallest absolute Gasteiger partial charge is 0.385 e. The summed E-state index contributed by atoms with van der Waals surface area (Å²) in [6, 6.07) is 8.92. The zero-order chi connectivity index (χ0) is 12.7. The first-order chi connectivity index (χ1) is 8.17. The van der Waals surface area contributed by atoms with Crippen LogP contribution in [-0.4, -0.2) is 36.7 Å². The van der Waals surface area contributed by atoms with Crippen molar-refractivity contribution < 1.29 is 13.3 Å². The highest BCUT2D eigenvalue weighted by Crippen LogP contribution is 2.16. The van der Waals surface area contributed by atoms with Gasteiger partial charge in [0.1, 0.15) is 0 Å². The molecule has 0 aliphatic rings. The Kier molecular flexibility index (Phi) is 5.63. The van der Waals surface area contributed by atoms with Crippen LogP contribution in [-0.2, 0) is 13.3 Å². The van der Waals surface area contributed by atoms with E-state index in [1.165, 1.54) is 5.56 Å². The average Bonchev–Trinajstić information content (AvgIpc) is 2.37. The maximum atomic E-state index is 5.36. The Hall–Kier alpha value is -0.883. The number of hydrogen-bond donors (Lipinski definition) is 1. The second-order valence-electron chi connectivity index (χ2n) is 3.79. The molecule has 0 fully saturated rings. The van der Waals surface area contributed by atoms with Crippen LogP contribution in [0.3, 0.4) is 0 Å². The lowest BCUT2D eigenvalue weighted by Crippen LogP contribution is -2.44. The largest absolute Gasteiger partial charge is 0.501 e. The quantitative estimate of drug-likeness (QED) is 0.759. The van der Waals surface area contributed by atoms with Gasteiger partial charge in [-0.15, -0.1) is 0 Å². The molecule has 0 amide bonds. The second kappa shape index (κ2) is 6.76. The third-order valence-corrected chi connectivity index (χ3v) is 5.55. The lowest BCUT2D eigenvalue weighted by Gasteiger charge is -2.24. The van der Waals surface area contributed by atoms with Gasteiger partial charge in [0.2, 0.25) is 0 Å². The zero-order valence-corrected chi connectivity index (χ0v) is 11.9. The van der Waals surface area contributed by atoms with Crippen molar-refractivity contribution in [2.75, 3.05) is 33.2 Å². The summed E-state index contributed by atoms with van der Waals surface area (Å²) in [6.07, 6.45) is 0. The van der Waals surface area contributed by atoms with Crippen molar-refractivity contribution in [2.45, 2.75) is 13.0 Å². The van der Waals surface area contributed by atoms with Crippen LogP contribution < -0.4 is 5.32 Å². The fourth-order valence-electron chi connectivity index (χ4n) is 1.68. The SMILES string of the molecule is CO[Si](CCNc1ccccc1C)(OC)OC. The van der Waals surface area contributed by atoms with Crippen LogP contribution in [0.25, 0.3) is 0 Å². The van der Waals surface area contributed by atoms with Crippen molar-refractivity contribution in [2.24, 2.45) is 0 Å². The number of rotatable bonds is 7. The van der Waals surface area contributed by atoms with Gasteiger partial charge < -0.3 is 18.6 Å². The standard InChI is InChI=1S/C12H21NO3Si/c1-11-7-5-6-8-12(11)13-9-10-17(14-2,15-3)16-4/h5-8,13H,9-10H2,1-4H3. The molecule has 0 spiro atoms. The van der Waals surface area contributed by atoms with E-state index in [9.17, 15) is 0 Å². The van der Waals surface area contributed by atoms with Crippen molar-refractivity contribution >= 4 is 14.5 Å². The average molecular weight is 255 g/mol. The van der Waals surface area contributed by atoms with Crippen LogP contribution in [0.1, 0.15) is 5.56 Å². The van der Waals surface area contributed by atoms with Crippen LogP contribution in [0.4, 0.5) is 5.69 Å². The van der Waals surface area contributed by atoms with Crippen molar-refractivity contribution in [3.05, 3.63) is 29.8 Å². The van der Waals surface area contributed by atoms with Crippen LogP contribution >= 0.6 is 0 Å². The van der Waals surface area contributed by atoms with Gasteiger partial charge in [0.25, 0.3) is 0 Å². The Morgan fingerprint density at radius 1 is 1.06 bits per heavy atom. The summed E-state index contributed by atoms with van der Waals surface area (Å²) >= 11 is 0. The monoisotopic (exact) mass is 255 g/mol. The van der Waals surface area contributed by atoms with E-state index in [4.69, 9.17) is 13.3 Å². The first kappa shape index (κ1) is 14.2. The highest BCUT2D eigenvalue weighted by Gasteiger charge is 2.36. The summed E-state index contributed by atoms with van der Waals surface area (Å²) in [5.41, 5.74) is 2.37. The van der Waals surface area contributed by atoms with E-state index in [0.717, 1.165) is 18.3 Å². The molecule has 0 heterocycles. The Labute approximate surface area is 104 Å². The summed E-state index contributed by atoms with van der Waals surface area (Å²) in [4.78, 5) is 0. The number of hydrogen-bond acceptors (Lipinski definition) is 4. The minimum atomic E-state index is -2.45. The Bertz CT molecular complexity index is 334. The van der Waals surface area contributed by atoms with Crippen molar-refractivity contribution in [1.29, 1.82) is 0 Å². The second-order valence-corrected chi connectivity index (χ2v) is 6.88. The molecule has 5 heteroatoms. The fourth-order valence-corrected chi connectivity index (χ4v) is 3.22. The molecular formula is C12H21NO3Si. The van der Waals surface area contributed by atoms with Crippen molar-refractivity contribution in [1.82, 2.24) is 0 Å². The molecule has 0 aromatic heterocycles. The fraction of sp³-hybridized carbons (Fsp3) is 0.500. The van der Waals surface area contributed by atoms with Gasteiger partial charge in [0.15, 0.2) is 0 Å². The third kappa shape index (κ3) is 3.81. The van der Waals surface area contributed by atoms with Gasteiger partial charge in [-0.3, -0.25) is 0 Å². The molecule has 0 saturated carbocycles.